The highest BCUT2D eigenvalue weighted by molar-refractivity contribution is 5.94. The molecule has 1 unspecified atom stereocenters. The number of ether oxygens (including phenoxy) is 1. The quantitative estimate of drug-likeness (QED) is 0.817. The van der Waals surface area contributed by atoms with Crippen LogP contribution in [0.1, 0.15) is 22.8 Å². The molecule has 5 nitrogen and oxygen atoms in total. The van der Waals surface area contributed by atoms with Crippen molar-refractivity contribution in [1.82, 2.24) is 10.2 Å². The van der Waals surface area contributed by atoms with E-state index in [1.807, 2.05) is 31.2 Å². The van der Waals surface area contributed by atoms with E-state index in [1.165, 1.54) is 0 Å². The molecule has 21 heavy (non-hydrogen) atoms. The second-order valence-electron chi connectivity index (χ2n) is 5.59. The van der Waals surface area contributed by atoms with Crippen molar-refractivity contribution >= 4 is 5.91 Å². The van der Waals surface area contributed by atoms with Crippen LogP contribution in [0.15, 0.2) is 24.3 Å². The van der Waals surface area contributed by atoms with Crippen LogP contribution in [-0.2, 0) is 11.3 Å². The van der Waals surface area contributed by atoms with Crippen LogP contribution in [0.3, 0.4) is 0 Å². The van der Waals surface area contributed by atoms with Crippen LogP contribution < -0.4 is 5.32 Å². The van der Waals surface area contributed by atoms with Crippen LogP contribution in [0.4, 0.5) is 0 Å². The minimum absolute atomic E-state index is 0.0745. The van der Waals surface area contributed by atoms with Gasteiger partial charge in [-0.1, -0.05) is 19.1 Å². The third-order valence-electron chi connectivity index (χ3n) is 3.62. The molecule has 2 N–H and O–H groups in total. The van der Waals surface area contributed by atoms with Gasteiger partial charge in [0.2, 0.25) is 0 Å². The molecular weight excluding hydrogens is 268 g/mol. The lowest BCUT2D eigenvalue weighted by atomic mass is 10.1. The molecule has 2 rings (SSSR count). The van der Waals surface area contributed by atoms with E-state index in [4.69, 9.17) is 9.84 Å². The number of carbonyl (C=O) groups is 1. The molecule has 1 aromatic carbocycles. The number of morpholine rings is 1. The highest BCUT2D eigenvalue weighted by Gasteiger charge is 2.12. The van der Waals surface area contributed by atoms with Crippen molar-refractivity contribution in [2.75, 3.05) is 39.5 Å². The van der Waals surface area contributed by atoms with Crippen molar-refractivity contribution in [3.05, 3.63) is 35.4 Å². The van der Waals surface area contributed by atoms with Gasteiger partial charge in [0.25, 0.3) is 5.91 Å². The summed E-state index contributed by atoms with van der Waals surface area (Å²) in [6.07, 6.45) is 0. The number of benzene rings is 1. The van der Waals surface area contributed by atoms with E-state index in [9.17, 15) is 4.79 Å². The minimum atomic E-state index is -0.0841. The first-order chi connectivity index (χ1) is 10.2. The van der Waals surface area contributed by atoms with Gasteiger partial charge in [-0.05, 0) is 23.6 Å². The molecule has 1 atom stereocenters. The van der Waals surface area contributed by atoms with Gasteiger partial charge in [-0.3, -0.25) is 9.69 Å². The molecule has 5 heteroatoms. The lowest BCUT2D eigenvalue weighted by Gasteiger charge is -2.26. The van der Waals surface area contributed by atoms with Crippen LogP contribution >= 0.6 is 0 Å². The zero-order chi connectivity index (χ0) is 15.1. The summed E-state index contributed by atoms with van der Waals surface area (Å²) in [5.74, 6) is -0.00962. The highest BCUT2D eigenvalue weighted by atomic mass is 16.5. The van der Waals surface area contributed by atoms with Gasteiger partial charge in [0.05, 0.1) is 13.2 Å². The third-order valence-corrected chi connectivity index (χ3v) is 3.62. The maximum Gasteiger partial charge on any atom is 0.251 e. The van der Waals surface area contributed by atoms with E-state index in [0.29, 0.717) is 12.1 Å². The Bertz CT molecular complexity index is 459. The molecule has 0 aliphatic carbocycles. The number of hydrogen-bond donors (Lipinski definition) is 2. The number of rotatable bonds is 6. The molecule has 1 heterocycles. The van der Waals surface area contributed by atoms with Crippen molar-refractivity contribution in [1.29, 1.82) is 0 Å². The molecule has 0 bridgehead atoms. The van der Waals surface area contributed by atoms with E-state index < -0.39 is 0 Å². The third kappa shape index (κ3) is 5.12. The summed E-state index contributed by atoms with van der Waals surface area (Å²) in [7, 11) is 0. The molecule has 116 valence electrons. The Balaban J connectivity index is 1.91. The standard InChI is InChI=1S/C16H24N2O3/c1-13(12-19)10-17-16(20)15-4-2-3-14(9-15)11-18-5-7-21-8-6-18/h2-4,9,13,19H,5-8,10-12H2,1H3,(H,17,20). The second-order valence-corrected chi connectivity index (χ2v) is 5.59. The maximum atomic E-state index is 12.1. The van der Waals surface area contributed by atoms with E-state index >= 15 is 0 Å². The Hall–Kier alpha value is -1.43. The average Bonchev–Trinajstić information content (AvgIpc) is 2.53. The van der Waals surface area contributed by atoms with Crippen LogP contribution in [0.2, 0.25) is 0 Å². The Morgan fingerprint density at radius 2 is 2.19 bits per heavy atom. The van der Waals surface area contributed by atoms with Gasteiger partial charge in [0.1, 0.15) is 0 Å². The highest BCUT2D eigenvalue weighted by Crippen LogP contribution is 2.10. The summed E-state index contributed by atoms with van der Waals surface area (Å²) < 4.78 is 5.34. The van der Waals surface area contributed by atoms with Crippen molar-refractivity contribution in [2.45, 2.75) is 13.5 Å². The maximum absolute atomic E-state index is 12.1. The first-order valence-electron chi connectivity index (χ1n) is 7.47. The van der Waals surface area contributed by atoms with Crippen LogP contribution in [0.5, 0.6) is 0 Å². The smallest absolute Gasteiger partial charge is 0.251 e. The van der Waals surface area contributed by atoms with Gasteiger partial charge in [-0.15, -0.1) is 0 Å². The van der Waals surface area contributed by atoms with Crippen LogP contribution in [0, 0.1) is 5.92 Å². The van der Waals surface area contributed by atoms with E-state index in [0.717, 1.165) is 38.4 Å². The Kier molecular flexibility index (Phi) is 6.17. The van der Waals surface area contributed by atoms with Crippen molar-refractivity contribution < 1.29 is 14.6 Å². The molecule has 1 aliphatic heterocycles. The molecule has 0 radical (unpaired) electrons. The van der Waals surface area contributed by atoms with Gasteiger partial charge in [-0.25, -0.2) is 0 Å². The average molecular weight is 292 g/mol. The minimum Gasteiger partial charge on any atom is -0.396 e. The summed E-state index contributed by atoms with van der Waals surface area (Å²) >= 11 is 0. The van der Waals surface area contributed by atoms with Gasteiger partial charge < -0.3 is 15.2 Å². The molecule has 1 amide bonds. The topological polar surface area (TPSA) is 61.8 Å². The molecule has 0 aromatic heterocycles. The van der Waals surface area contributed by atoms with Gasteiger partial charge in [0.15, 0.2) is 0 Å². The summed E-state index contributed by atoms with van der Waals surface area (Å²) in [4.78, 5) is 14.4. The van der Waals surface area contributed by atoms with Gasteiger partial charge in [0, 0.05) is 38.3 Å². The monoisotopic (exact) mass is 292 g/mol. The Labute approximate surface area is 125 Å². The zero-order valence-corrected chi connectivity index (χ0v) is 12.5. The predicted molar refractivity (Wildman–Crippen MR) is 81.1 cm³/mol. The summed E-state index contributed by atoms with van der Waals surface area (Å²) in [6.45, 7) is 6.74. The summed E-state index contributed by atoms with van der Waals surface area (Å²) in [5, 5.41) is 11.8. The van der Waals surface area contributed by atoms with Crippen molar-refractivity contribution in [3.8, 4) is 0 Å². The zero-order valence-electron chi connectivity index (χ0n) is 12.5. The first kappa shape index (κ1) is 15.9. The Morgan fingerprint density at radius 1 is 1.43 bits per heavy atom. The van der Waals surface area contributed by atoms with Crippen LogP contribution in [-0.4, -0.2) is 55.4 Å². The normalized spacial score (nSPS) is 17.4. The molecule has 1 saturated heterocycles. The first-order valence-corrected chi connectivity index (χ1v) is 7.47. The predicted octanol–water partition coefficient (Wildman–Crippen LogP) is 0.877. The van der Waals surface area contributed by atoms with E-state index in [2.05, 4.69) is 10.2 Å². The number of nitrogens with zero attached hydrogens (tertiary/aromatic N) is 1. The number of nitrogens with one attached hydrogen (secondary N) is 1. The molecule has 1 aromatic rings. The fourth-order valence-corrected chi connectivity index (χ4v) is 2.26. The number of hydrogen-bond acceptors (Lipinski definition) is 4. The lowest BCUT2D eigenvalue weighted by molar-refractivity contribution is 0.0342. The number of amides is 1. The van der Waals surface area contributed by atoms with Gasteiger partial charge >= 0.3 is 0 Å². The fourth-order valence-electron chi connectivity index (χ4n) is 2.26. The molecule has 0 saturated carbocycles. The largest absolute Gasteiger partial charge is 0.396 e. The van der Waals surface area contributed by atoms with E-state index in [1.54, 1.807) is 0 Å². The summed E-state index contributed by atoms with van der Waals surface area (Å²) in [5.41, 5.74) is 1.81. The van der Waals surface area contributed by atoms with Crippen molar-refractivity contribution in [3.63, 3.8) is 0 Å². The summed E-state index contributed by atoms with van der Waals surface area (Å²) in [6, 6.07) is 7.72. The molecular formula is C16H24N2O3. The van der Waals surface area contributed by atoms with Gasteiger partial charge in [-0.2, -0.15) is 0 Å². The molecule has 1 aliphatic rings. The molecule has 0 spiro atoms. The number of aliphatic hydroxyl groups is 1. The molecule has 1 fully saturated rings. The van der Waals surface area contributed by atoms with E-state index in [-0.39, 0.29) is 18.4 Å². The lowest BCUT2D eigenvalue weighted by Crippen LogP contribution is -2.35. The fraction of sp³-hybridized carbons (Fsp3) is 0.562. The second kappa shape index (κ2) is 8.12. The Morgan fingerprint density at radius 3 is 2.90 bits per heavy atom. The van der Waals surface area contributed by atoms with Crippen LogP contribution in [0.25, 0.3) is 0 Å². The number of carbonyl (C=O) groups excluding carboxylic acids is 1. The van der Waals surface area contributed by atoms with Crippen molar-refractivity contribution in [2.24, 2.45) is 5.92 Å². The number of aliphatic hydroxyl groups excluding tert-OH is 1. The SMILES string of the molecule is CC(CO)CNC(=O)c1cccc(CN2CCOCC2)c1.